The molecule has 2 rings (SSSR count). The molecule has 0 atom stereocenters. The van der Waals surface area contributed by atoms with Gasteiger partial charge in [0.2, 0.25) is 0 Å². The lowest BCUT2D eigenvalue weighted by molar-refractivity contribution is 0.938. The normalized spacial score (nSPS) is 10.6. The zero-order valence-electron chi connectivity index (χ0n) is 12.4. The lowest BCUT2D eigenvalue weighted by Gasteiger charge is -2.13. The second-order valence-corrected chi connectivity index (χ2v) is 5.81. The van der Waals surface area contributed by atoms with E-state index in [-0.39, 0.29) is 0 Å². The van der Waals surface area contributed by atoms with Gasteiger partial charge < -0.3 is 10.6 Å². The quantitative estimate of drug-likeness (QED) is 0.817. The average Bonchev–Trinajstić information content (AvgIpc) is 2.94. The van der Waals surface area contributed by atoms with Crippen LogP contribution in [-0.4, -0.2) is 23.1 Å². The molecule has 2 aromatic rings. The predicted octanol–water partition coefficient (Wildman–Crippen LogP) is 3.63. The number of hydrogen-bond donors (Lipinski definition) is 2. The first-order valence-corrected chi connectivity index (χ1v) is 7.94. The molecule has 20 heavy (non-hydrogen) atoms. The summed E-state index contributed by atoms with van der Waals surface area (Å²) in [5.41, 5.74) is 1.09. The van der Waals surface area contributed by atoms with Gasteiger partial charge in [-0.05, 0) is 38.1 Å². The smallest absolute Gasteiger partial charge is 0.134 e. The second-order valence-electron chi connectivity index (χ2n) is 4.78. The predicted molar refractivity (Wildman–Crippen MR) is 86.8 cm³/mol. The molecule has 0 spiro atoms. The Kier molecular flexibility index (Phi) is 5.35. The summed E-state index contributed by atoms with van der Waals surface area (Å²) in [6, 6.07) is 4.26. The van der Waals surface area contributed by atoms with Gasteiger partial charge in [0, 0.05) is 23.5 Å². The van der Waals surface area contributed by atoms with Gasteiger partial charge in [-0.1, -0.05) is 13.0 Å². The molecule has 4 nitrogen and oxygen atoms in total. The Morgan fingerprint density at radius 3 is 2.40 bits per heavy atom. The van der Waals surface area contributed by atoms with E-state index in [0.717, 1.165) is 49.0 Å². The first-order valence-electron chi connectivity index (χ1n) is 7.06. The van der Waals surface area contributed by atoms with E-state index in [1.54, 1.807) is 11.3 Å². The Morgan fingerprint density at radius 2 is 1.80 bits per heavy atom. The topological polar surface area (TPSA) is 49.8 Å². The van der Waals surface area contributed by atoms with Crippen LogP contribution in [0, 0.1) is 13.8 Å². The monoisotopic (exact) mass is 290 g/mol. The van der Waals surface area contributed by atoms with Crippen LogP contribution in [0.3, 0.4) is 0 Å². The van der Waals surface area contributed by atoms with Gasteiger partial charge in [0.05, 0.1) is 0 Å². The third-order valence-corrected chi connectivity index (χ3v) is 3.98. The number of anilines is 2. The van der Waals surface area contributed by atoms with E-state index in [2.05, 4.69) is 52.0 Å². The molecule has 5 heteroatoms. The maximum absolute atomic E-state index is 4.50. The maximum Gasteiger partial charge on any atom is 0.134 e. The van der Waals surface area contributed by atoms with Crippen molar-refractivity contribution in [3.05, 3.63) is 33.8 Å². The largest absolute Gasteiger partial charge is 0.370 e. The first kappa shape index (κ1) is 14.8. The molecule has 108 valence electrons. The van der Waals surface area contributed by atoms with Crippen LogP contribution in [-0.2, 0) is 6.42 Å². The molecule has 2 N–H and O–H groups in total. The summed E-state index contributed by atoms with van der Waals surface area (Å²) in [4.78, 5) is 10.4. The maximum atomic E-state index is 4.50. The van der Waals surface area contributed by atoms with Gasteiger partial charge in [-0.15, -0.1) is 11.3 Å². The fourth-order valence-corrected chi connectivity index (χ4v) is 2.68. The summed E-state index contributed by atoms with van der Waals surface area (Å²) in [7, 11) is 0. The van der Waals surface area contributed by atoms with E-state index in [1.807, 2.05) is 6.92 Å². The van der Waals surface area contributed by atoms with Gasteiger partial charge in [0.15, 0.2) is 0 Å². The summed E-state index contributed by atoms with van der Waals surface area (Å²) in [6.45, 7) is 7.97. The van der Waals surface area contributed by atoms with Crippen molar-refractivity contribution in [1.82, 2.24) is 9.97 Å². The third-order valence-electron chi connectivity index (χ3n) is 3.04. The standard InChI is InChI=1S/C15H22N4S/c1-4-8-16-14-11(2)15(19-12(3)18-14)17-9-7-13-6-5-10-20-13/h5-6,10H,4,7-9H2,1-3H3,(H2,16,17,18,19). The Bertz CT molecular complexity index is 537. The fraction of sp³-hybridized carbons (Fsp3) is 0.467. The summed E-state index contributed by atoms with van der Waals surface area (Å²) < 4.78 is 0. The lowest BCUT2D eigenvalue weighted by atomic mass is 10.2. The van der Waals surface area contributed by atoms with Crippen LogP contribution in [0.4, 0.5) is 11.6 Å². The molecule has 0 aliphatic heterocycles. The van der Waals surface area contributed by atoms with Crippen molar-refractivity contribution in [3.8, 4) is 0 Å². The van der Waals surface area contributed by atoms with Crippen LogP contribution < -0.4 is 10.6 Å². The van der Waals surface area contributed by atoms with Gasteiger partial charge >= 0.3 is 0 Å². The highest BCUT2D eigenvalue weighted by atomic mass is 32.1. The van der Waals surface area contributed by atoms with Crippen LogP contribution >= 0.6 is 11.3 Å². The van der Waals surface area contributed by atoms with Crippen LogP contribution in [0.25, 0.3) is 0 Å². The third kappa shape index (κ3) is 3.93. The van der Waals surface area contributed by atoms with Crippen LogP contribution in [0.15, 0.2) is 17.5 Å². The molecule has 0 aromatic carbocycles. The minimum absolute atomic E-state index is 0.799. The van der Waals surface area contributed by atoms with Crippen molar-refractivity contribution >= 4 is 23.0 Å². The second kappa shape index (κ2) is 7.24. The van der Waals surface area contributed by atoms with Crippen LogP contribution in [0.1, 0.15) is 29.6 Å². The molecule has 0 unspecified atom stereocenters. The highest BCUT2D eigenvalue weighted by Gasteiger charge is 2.08. The van der Waals surface area contributed by atoms with E-state index in [9.17, 15) is 0 Å². The molecule has 0 radical (unpaired) electrons. The van der Waals surface area contributed by atoms with E-state index in [0.29, 0.717) is 0 Å². The summed E-state index contributed by atoms with van der Waals surface area (Å²) in [5, 5.41) is 8.90. The Hall–Kier alpha value is -1.62. The molecule has 0 saturated heterocycles. The number of nitrogens with zero attached hydrogens (tertiary/aromatic N) is 2. The number of hydrogen-bond acceptors (Lipinski definition) is 5. The van der Waals surface area contributed by atoms with E-state index < -0.39 is 0 Å². The van der Waals surface area contributed by atoms with Crippen molar-refractivity contribution in [2.45, 2.75) is 33.6 Å². The zero-order chi connectivity index (χ0) is 14.4. The minimum Gasteiger partial charge on any atom is -0.370 e. The average molecular weight is 290 g/mol. The summed E-state index contributed by atoms with van der Waals surface area (Å²) >= 11 is 1.79. The number of nitrogens with one attached hydrogen (secondary N) is 2. The SMILES string of the molecule is CCCNc1nc(C)nc(NCCc2cccs2)c1C. The van der Waals surface area contributed by atoms with Gasteiger partial charge in [0.1, 0.15) is 17.5 Å². The van der Waals surface area contributed by atoms with Crippen molar-refractivity contribution in [1.29, 1.82) is 0 Å². The molecule has 0 amide bonds. The Morgan fingerprint density at radius 1 is 1.10 bits per heavy atom. The van der Waals surface area contributed by atoms with E-state index in [4.69, 9.17) is 0 Å². The van der Waals surface area contributed by atoms with Crippen molar-refractivity contribution in [2.75, 3.05) is 23.7 Å². The molecule has 0 aliphatic rings. The molecular weight excluding hydrogens is 268 g/mol. The van der Waals surface area contributed by atoms with Crippen molar-refractivity contribution in [2.24, 2.45) is 0 Å². The van der Waals surface area contributed by atoms with Gasteiger partial charge in [-0.2, -0.15) is 0 Å². The molecular formula is C15H22N4S. The minimum atomic E-state index is 0.799. The van der Waals surface area contributed by atoms with E-state index in [1.165, 1.54) is 4.88 Å². The Labute approximate surface area is 124 Å². The Balaban J connectivity index is 2.01. The van der Waals surface area contributed by atoms with Gasteiger partial charge in [-0.3, -0.25) is 0 Å². The highest BCUT2D eigenvalue weighted by molar-refractivity contribution is 7.09. The lowest BCUT2D eigenvalue weighted by Crippen LogP contribution is -2.12. The van der Waals surface area contributed by atoms with Crippen molar-refractivity contribution < 1.29 is 0 Å². The van der Waals surface area contributed by atoms with Crippen LogP contribution in [0.2, 0.25) is 0 Å². The summed E-state index contributed by atoms with van der Waals surface area (Å²) in [6.07, 6.45) is 2.11. The fourth-order valence-electron chi connectivity index (χ4n) is 1.98. The number of aryl methyl sites for hydroxylation is 1. The first-order chi connectivity index (χ1) is 9.70. The molecule has 0 aliphatic carbocycles. The number of rotatable bonds is 7. The van der Waals surface area contributed by atoms with Gasteiger partial charge in [-0.25, -0.2) is 9.97 Å². The molecule has 0 fully saturated rings. The molecule has 0 bridgehead atoms. The van der Waals surface area contributed by atoms with Crippen molar-refractivity contribution in [3.63, 3.8) is 0 Å². The number of thiophene rings is 1. The van der Waals surface area contributed by atoms with Gasteiger partial charge in [0.25, 0.3) is 0 Å². The van der Waals surface area contributed by atoms with E-state index >= 15 is 0 Å². The molecule has 2 aromatic heterocycles. The van der Waals surface area contributed by atoms with Crippen LogP contribution in [0.5, 0.6) is 0 Å². The molecule has 0 saturated carbocycles. The zero-order valence-corrected chi connectivity index (χ0v) is 13.2. The highest BCUT2D eigenvalue weighted by Crippen LogP contribution is 2.20. The number of aromatic nitrogens is 2. The molecule has 2 heterocycles. The summed E-state index contributed by atoms with van der Waals surface area (Å²) in [5.74, 6) is 2.68.